The molecule has 1 fully saturated rings. The van der Waals surface area contributed by atoms with Gasteiger partial charge in [0.15, 0.2) is 0 Å². The number of piperidine rings is 1. The van der Waals surface area contributed by atoms with E-state index in [0.29, 0.717) is 19.1 Å². The Labute approximate surface area is 216 Å². The quantitative estimate of drug-likeness (QED) is 0.369. The van der Waals surface area contributed by atoms with Crippen LogP contribution in [0, 0.1) is 5.92 Å². The van der Waals surface area contributed by atoms with Crippen LogP contribution in [-0.2, 0) is 0 Å². The molecule has 0 radical (unpaired) electrons. The van der Waals surface area contributed by atoms with Crippen molar-refractivity contribution in [1.82, 2.24) is 4.90 Å². The van der Waals surface area contributed by atoms with Crippen LogP contribution in [0.4, 0.5) is 0 Å². The number of phenols is 2. The molecule has 0 bridgehead atoms. The number of aliphatic hydroxyl groups is 1. The van der Waals surface area contributed by atoms with Crippen molar-refractivity contribution in [3.8, 4) is 23.0 Å². The molecule has 7 heteroatoms. The minimum atomic E-state index is -0.231. The lowest BCUT2D eigenvalue weighted by Crippen LogP contribution is -2.36. The highest BCUT2D eigenvalue weighted by Crippen LogP contribution is 2.54. The molecule has 0 aliphatic carbocycles. The summed E-state index contributed by atoms with van der Waals surface area (Å²) in [4.78, 5) is 3.33. The lowest BCUT2D eigenvalue weighted by Gasteiger charge is -2.34. The highest BCUT2D eigenvalue weighted by molar-refractivity contribution is 7.99. The molecule has 2 aliphatic heterocycles. The minimum absolute atomic E-state index is 0.0413. The maximum Gasteiger partial charge on any atom is 0.140 e. The lowest BCUT2D eigenvalue weighted by atomic mass is 9.94. The monoisotopic (exact) mass is 507 g/mol. The van der Waals surface area contributed by atoms with Crippen LogP contribution in [0.2, 0.25) is 0 Å². The molecule has 2 heterocycles. The Kier molecular flexibility index (Phi) is 7.90. The Hall–Kier alpha value is -2.87. The molecule has 5 rings (SSSR count). The van der Waals surface area contributed by atoms with Crippen LogP contribution < -0.4 is 9.47 Å². The number of nitrogens with zero attached hydrogens (tertiary/aromatic N) is 1. The third-order valence-electron chi connectivity index (χ3n) is 7.06. The summed E-state index contributed by atoms with van der Waals surface area (Å²) in [6.45, 7) is 3.98. The molecule has 0 unspecified atom stereocenters. The molecule has 190 valence electrons. The van der Waals surface area contributed by atoms with Crippen LogP contribution in [0.1, 0.15) is 41.7 Å². The topological polar surface area (TPSA) is 82.4 Å². The van der Waals surface area contributed by atoms with Gasteiger partial charge < -0.3 is 24.8 Å². The zero-order valence-corrected chi connectivity index (χ0v) is 21.1. The molecule has 0 aromatic heterocycles. The van der Waals surface area contributed by atoms with Crippen molar-refractivity contribution in [2.75, 3.05) is 32.8 Å². The Morgan fingerprint density at radius 1 is 0.889 bits per heavy atom. The summed E-state index contributed by atoms with van der Waals surface area (Å²) >= 11 is 1.65. The second kappa shape index (κ2) is 11.5. The normalized spacial score (nSPS) is 20.5. The number of phenolic OH excluding ortho intramolecular Hbond substituents is 2. The zero-order chi connectivity index (χ0) is 24.9. The van der Waals surface area contributed by atoms with Gasteiger partial charge in [0.2, 0.25) is 0 Å². The molecule has 2 aliphatic rings. The minimum Gasteiger partial charge on any atom is -0.508 e. The van der Waals surface area contributed by atoms with E-state index in [1.54, 1.807) is 36.0 Å². The maximum atomic E-state index is 9.95. The highest BCUT2D eigenvalue weighted by Gasteiger charge is 2.33. The maximum absolute atomic E-state index is 9.95. The number of likely N-dealkylation sites (tertiary alicyclic amines) is 1. The van der Waals surface area contributed by atoms with E-state index < -0.39 is 0 Å². The molecule has 1 saturated heterocycles. The molecule has 36 heavy (non-hydrogen) atoms. The number of benzene rings is 3. The van der Waals surface area contributed by atoms with E-state index in [1.807, 2.05) is 30.3 Å². The number of thioether (sulfide) groups is 1. The van der Waals surface area contributed by atoms with E-state index in [-0.39, 0.29) is 22.9 Å². The van der Waals surface area contributed by atoms with E-state index in [0.717, 1.165) is 66.4 Å². The van der Waals surface area contributed by atoms with Gasteiger partial charge >= 0.3 is 0 Å². The fraction of sp³-hybridized carbons (Fsp3) is 0.379. The van der Waals surface area contributed by atoms with Crippen LogP contribution in [0.25, 0.3) is 0 Å². The molecule has 0 amide bonds. The third kappa shape index (κ3) is 5.91. The van der Waals surface area contributed by atoms with Gasteiger partial charge in [-0.15, -0.1) is 11.8 Å². The summed E-state index contributed by atoms with van der Waals surface area (Å²) < 4.78 is 12.5. The summed E-state index contributed by atoms with van der Waals surface area (Å²) in [6, 6.07) is 20.5. The Bertz CT molecular complexity index is 1130. The highest BCUT2D eigenvalue weighted by atomic mass is 32.2. The molecule has 3 N–H and O–H groups in total. The van der Waals surface area contributed by atoms with Crippen LogP contribution in [0.5, 0.6) is 23.0 Å². The molecular formula is C29H33NO5S. The predicted molar refractivity (Wildman–Crippen MR) is 141 cm³/mol. The number of hydrogen-bond donors (Lipinski definition) is 3. The largest absolute Gasteiger partial charge is 0.508 e. The number of aromatic hydroxyl groups is 2. The standard InChI is InChI=1S/C29H33NO5S/c31-17-13-20-11-14-30(15-12-20)16-18-34-25-8-3-21(4-9-25)28-29(22-1-5-23(32)6-2-22)36-27-19-24(33)7-10-26(27)35-28/h1-10,19-20,28-29,31-33H,11-18H2/t28-,29+/m0/s1. The van der Waals surface area contributed by atoms with Gasteiger partial charge in [-0.05, 0) is 91.9 Å². The van der Waals surface area contributed by atoms with E-state index in [1.165, 1.54) is 0 Å². The van der Waals surface area contributed by atoms with Gasteiger partial charge in [-0.1, -0.05) is 24.3 Å². The SMILES string of the molecule is OCCC1CCN(CCOc2ccc([C@@H]3Oc4ccc(O)cc4S[C@@H]3c3ccc(O)cc3)cc2)CC1. The first-order valence-corrected chi connectivity index (χ1v) is 13.5. The molecule has 2 atom stereocenters. The summed E-state index contributed by atoms with van der Waals surface area (Å²) in [6.07, 6.45) is 2.99. The first-order chi connectivity index (χ1) is 17.6. The molecule has 3 aromatic carbocycles. The van der Waals surface area contributed by atoms with Crippen molar-refractivity contribution >= 4 is 11.8 Å². The van der Waals surface area contributed by atoms with Gasteiger partial charge in [0.1, 0.15) is 35.7 Å². The Morgan fingerprint density at radius 2 is 1.58 bits per heavy atom. The van der Waals surface area contributed by atoms with Gasteiger partial charge in [0, 0.05) is 13.2 Å². The molecule has 6 nitrogen and oxygen atoms in total. The van der Waals surface area contributed by atoms with Crippen molar-refractivity contribution in [2.45, 2.75) is 35.5 Å². The number of hydrogen-bond acceptors (Lipinski definition) is 7. The van der Waals surface area contributed by atoms with E-state index >= 15 is 0 Å². The second-order valence-electron chi connectivity index (χ2n) is 9.51. The van der Waals surface area contributed by atoms with E-state index in [9.17, 15) is 10.2 Å². The smallest absolute Gasteiger partial charge is 0.140 e. The fourth-order valence-corrected chi connectivity index (χ4v) is 6.28. The predicted octanol–water partition coefficient (Wildman–Crippen LogP) is 5.54. The molecule has 3 aromatic rings. The van der Waals surface area contributed by atoms with Gasteiger partial charge in [0.25, 0.3) is 0 Å². The summed E-state index contributed by atoms with van der Waals surface area (Å²) in [7, 11) is 0. The number of aliphatic hydroxyl groups excluding tert-OH is 1. The average molecular weight is 508 g/mol. The summed E-state index contributed by atoms with van der Waals surface area (Å²) in [5.74, 6) is 2.68. The number of ether oxygens (including phenoxy) is 2. The summed E-state index contributed by atoms with van der Waals surface area (Å²) in [5.41, 5.74) is 2.08. The molecule has 0 spiro atoms. The zero-order valence-electron chi connectivity index (χ0n) is 20.3. The van der Waals surface area contributed by atoms with Crippen molar-refractivity contribution in [1.29, 1.82) is 0 Å². The van der Waals surface area contributed by atoms with Crippen LogP contribution in [0.3, 0.4) is 0 Å². The Balaban J connectivity index is 1.24. The van der Waals surface area contributed by atoms with Gasteiger partial charge in [-0.25, -0.2) is 0 Å². The van der Waals surface area contributed by atoms with Crippen LogP contribution in [0.15, 0.2) is 71.6 Å². The number of fused-ring (bicyclic) bond motifs is 1. The molecule has 0 saturated carbocycles. The first kappa shape index (κ1) is 24.8. The Morgan fingerprint density at radius 3 is 2.31 bits per heavy atom. The third-order valence-corrected chi connectivity index (χ3v) is 8.41. The van der Waals surface area contributed by atoms with Crippen LogP contribution >= 0.6 is 11.8 Å². The molecular weight excluding hydrogens is 474 g/mol. The number of rotatable bonds is 8. The van der Waals surface area contributed by atoms with Gasteiger partial charge in [-0.2, -0.15) is 0 Å². The second-order valence-corrected chi connectivity index (χ2v) is 10.7. The fourth-order valence-electron chi connectivity index (χ4n) is 4.96. The van der Waals surface area contributed by atoms with Gasteiger partial charge in [-0.3, -0.25) is 4.90 Å². The van der Waals surface area contributed by atoms with Gasteiger partial charge in [0.05, 0.1) is 10.1 Å². The van der Waals surface area contributed by atoms with Crippen LogP contribution in [-0.4, -0.2) is 53.1 Å². The van der Waals surface area contributed by atoms with E-state index in [2.05, 4.69) is 17.0 Å². The summed E-state index contributed by atoms with van der Waals surface area (Å²) in [5, 5.41) is 28.8. The van der Waals surface area contributed by atoms with Crippen molar-refractivity contribution in [3.05, 3.63) is 77.9 Å². The first-order valence-electron chi connectivity index (χ1n) is 12.6. The van der Waals surface area contributed by atoms with Crippen molar-refractivity contribution < 1.29 is 24.8 Å². The van der Waals surface area contributed by atoms with E-state index in [4.69, 9.17) is 14.6 Å². The average Bonchev–Trinajstić information content (AvgIpc) is 2.90. The van der Waals surface area contributed by atoms with Crippen molar-refractivity contribution in [3.63, 3.8) is 0 Å². The lowest BCUT2D eigenvalue weighted by molar-refractivity contribution is 0.139. The van der Waals surface area contributed by atoms with Crippen molar-refractivity contribution in [2.24, 2.45) is 5.92 Å².